The largest absolute Gasteiger partial charge is 0.487 e. The van der Waals surface area contributed by atoms with Crippen LogP contribution in [-0.2, 0) is 11.2 Å². The van der Waals surface area contributed by atoms with E-state index in [2.05, 4.69) is 31.3 Å². The van der Waals surface area contributed by atoms with Crippen molar-refractivity contribution in [3.8, 4) is 5.75 Å². The molecule has 2 aromatic rings. The van der Waals surface area contributed by atoms with E-state index in [1.165, 1.54) is 5.56 Å². The topological polar surface area (TPSA) is 38.3 Å². The number of hydrogen-bond donors (Lipinski definition) is 1. The van der Waals surface area contributed by atoms with Gasteiger partial charge in [-0.1, -0.05) is 48.5 Å². The average Bonchev–Trinajstić information content (AvgIpc) is 2.53. The molecule has 0 bridgehead atoms. The number of benzene rings is 2. The molecule has 1 atom stereocenters. The van der Waals surface area contributed by atoms with Crippen molar-refractivity contribution < 1.29 is 9.53 Å². The quantitative estimate of drug-likeness (QED) is 0.925. The van der Waals surface area contributed by atoms with Crippen LogP contribution in [-0.4, -0.2) is 11.5 Å². The van der Waals surface area contributed by atoms with Gasteiger partial charge in [0.05, 0.1) is 6.04 Å². The van der Waals surface area contributed by atoms with Crippen molar-refractivity contribution in [2.24, 2.45) is 0 Å². The van der Waals surface area contributed by atoms with E-state index in [0.29, 0.717) is 6.42 Å². The Labute approximate surface area is 137 Å². The second kappa shape index (κ2) is 6.45. The lowest BCUT2D eigenvalue weighted by Gasteiger charge is -2.37. The van der Waals surface area contributed by atoms with Crippen molar-refractivity contribution >= 4 is 5.91 Å². The van der Waals surface area contributed by atoms with Gasteiger partial charge in [0.25, 0.3) is 0 Å². The first-order valence-electron chi connectivity index (χ1n) is 8.15. The monoisotopic (exact) mass is 309 g/mol. The molecule has 0 saturated heterocycles. The normalized spacial score (nSPS) is 18.6. The van der Waals surface area contributed by atoms with Gasteiger partial charge < -0.3 is 10.1 Å². The molecule has 0 aliphatic carbocycles. The van der Waals surface area contributed by atoms with Gasteiger partial charge in [-0.05, 0) is 31.9 Å². The lowest BCUT2D eigenvalue weighted by molar-refractivity contribution is -0.122. The zero-order chi connectivity index (χ0) is 16.3. The molecule has 3 nitrogen and oxygen atoms in total. The van der Waals surface area contributed by atoms with Crippen molar-refractivity contribution in [3.05, 3.63) is 65.7 Å². The SMILES string of the molecule is CC1(C)C[C@@H](NC(=O)CCc2ccccc2)c2ccccc2O1. The van der Waals surface area contributed by atoms with Gasteiger partial charge in [0.2, 0.25) is 5.91 Å². The van der Waals surface area contributed by atoms with E-state index in [1.807, 2.05) is 42.5 Å². The van der Waals surface area contributed by atoms with E-state index in [1.54, 1.807) is 0 Å². The maximum Gasteiger partial charge on any atom is 0.220 e. The lowest BCUT2D eigenvalue weighted by atomic mass is 9.89. The molecule has 0 aromatic heterocycles. The molecule has 120 valence electrons. The Morgan fingerprint density at radius 3 is 2.61 bits per heavy atom. The molecule has 1 N–H and O–H groups in total. The van der Waals surface area contributed by atoms with Gasteiger partial charge in [0.15, 0.2) is 0 Å². The van der Waals surface area contributed by atoms with Crippen LogP contribution < -0.4 is 10.1 Å². The van der Waals surface area contributed by atoms with E-state index in [-0.39, 0.29) is 17.6 Å². The zero-order valence-electron chi connectivity index (χ0n) is 13.7. The maximum absolute atomic E-state index is 12.4. The van der Waals surface area contributed by atoms with E-state index < -0.39 is 0 Å². The summed E-state index contributed by atoms with van der Waals surface area (Å²) < 4.78 is 6.01. The summed E-state index contributed by atoms with van der Waals surface area (Å²) in [6.07, 6.45) is 2.05. The number of carbonyl (C=O) groups excluding carboxylic acids is 1. The third-order valence-corrected chi connectivity index (χ3v) is 4.20. The Morgan fingerprint density at radius 2 is 1.83 bits per heavy atom. The van der Waals surface area contributed by atoms with Gasteiger partial charge in [0.1, 0.15) is 11.4 Å². The first-order valence-corrected chi connectivity index (χ1v) is 8.15. The first kappa shape index (κ1) is 15.6. The summed E-state index contributed by atoms with van der Waals surface area (Å²) in [5.74, 6) is 0.962. The van der Waals surface area contributed by atoms with Crippen LogP contribution in [0.5, 0.6) is 5.75 Å². The Balaban J connectivity index is 1.66. The fourth-order valence-electron chi connectivity index (χ4n) is 3.10. The molecule has 2 aromatic carbocycles. The number of ether oxygens (including phenoxy) is 1. The highest BCUT2D eigenvalue weighted by Crippen LogP contribution is 2.39. The minimum Gasteiger partial charge on any atom is -0.487 e. The molecular formula is C20H23NO2. The Bertz CT molecular complexity index is 679. The number of amides is 1. The van der Waals surface area contributed by atoms with Crippen LogP contribution in [0.25, 0.3) is 0 Å². The van der Waals surface area contributed by atoms with E-state index in [0.717, 1.165) is 24.2 Å². The number of aryl methyl sites for hydroxylation is 1. The first-order chi connectivity index (χ1) is 11.0. The molecular weight excluding hydrogens is 286 g/mol. The third-order valence-electron chi connectivity index (χ3n) is 4.20. The lowest BCUT2D eigenvalue weighted by Crippen LogP contribution is -2.41. The molecule has 23 heavy (non-hydrogen) atoms. The number of hydrogen-bond acceptors (Lipinski definition) is 2. The van der Waals surface area contributed by atoms with Crippen LogP contribution in [0.4, 0.5) is 0 Å². The van der Waals surface area contributed by atoms with E-state index >= 15 is 0 Å². The van der Waals surface area contributed by atoms with Gasteiger partial charge in [-0.15, -0.1) is 0 Å². The summed E-state index contributed by atoms with van der Waals surface area (Å²) in [6, 6.07) is 18.1. The second-order valence-electron chi connectivity index (χ2n) is 6.71. The van der Waals surface area contributed by atoms with Crippen LogP contribution in [0.1, 0.15) is 43.9 Å². The van der Waals surface area contributed by atoms with E-state index in [9.17, 15) is 4.79 Å². The molecule has 1 heterocycles. The van der Waals surface area contributed by atoms with Crippen LogP contribution in [0.15, 0.2) is 54.6 Å². The molecule has 1 aliphatic rings. The number of carbonyl (C=O) groups is 1. The number of para-hydroxylation sites is 1. The molecule has 0 saturated carbocycles. The Morgan fingerprint density at radius 1 is 1.13 bits per heavy atom. The van der Waals surface area contributed by atoms with Gasteiger partial charge >= 0.3 is 0 Å². The average molecular weight is 309 g/mol. The molecule has 3 rings (SSSR count). The van der Waals surface area contributed by atoms with Gasteiger partial charge in [-0.25, -0.2) is 0 Å². The summed E-state index contributed by atoms with van der Waals surface area (Å²) in [7, 11) is 0. The molecule has 0 radical (unpaired) electrons. The predicted octanol–water partition coefficient (Wildman–Crippen LogP) is 4.04. The second-order valence-corrected chi connectivity index (χ2v) is 6.71. The van der Waals surface area contributed by atoms with Crippen molar-refractivity contribution in [2.45, 2.75) is 44.8 Å². The zero-order valence-corrected chi connectivity index (χ0v) is 13.7. The highest BCUT2D eigenvalue weighted by Gasteiger charge is 2.34. The predicted molar refractivity (Wildman–Crippen MR) is 91.4 cm³/mol. The maximum atomic E-state index is 12.4. The van der Waals surface area contributed by atoms with E-state index in [4.69, 9.17) is 4.74 Å². The van der Waals surface area contributed by atoms with Crippen LogP contribution in [0.2, 0.25) is 0 Å². The molecule has 0 unspecified atom stereocenters. The number of nitrogens with one attached hydrogen (secondary N) is 1. The highest BCUT2D eigenvalue weighted by molar-refractivity contribution is 5.77. The summed E-state index contributed by atoms with van der Waals surface area (Å²) in [5, 5.41) is 3.18. The third kappa shape index (κ3) is 3.92. The van der Waals surface area contributed by atoms with Crippen LogP contribution in [0, 0.1) is 0 Å². The minimum atomic E-state index is -0.272. The van der Waals surface area contributed by atoms with Crippen LogP contribution in [0.3, 0.4) is 0 Å². The van der Waals surface area contributed by atoms with Crippen molar-refractivity contribution in [1.29, 1.82) is 0 Å². The van der Waals surface area contributed by atoms with Gasteiger partial charge in [-0.3, -0.25) is 4.79 Å². The van der Waals surface area contributed by atoms with Gasteiger partial charge in [0, 0.05) is 18.4 Å². The van der Waals surface area contributed by atoms with Crippen LogP contribution >= 0.6 is 0 Å². The smallest absolute Gasteiger partial charge is 0.220 e. The van der Waals surface area contributed by atoms with Gasteiger partial charge in [-0.2, -0.15) is 0 Å². The molecule has 1 amide bonds. The van der Waals surface area contributed by atoms with Crippen molar-refractivity contribution in [2.75, 3.05) is 0 Å². The Hall–Kier alpha value is -2.29. The molecule has 1 aliphatic heterocycles. The summed E-state index contributed by atoms with van der Waals surface area (Å²) in [5.41, 5.74) is 1.99. The molecule has 3 heteroatoms. The fraction of sp³-hybridized carbons (Fsp3) is 0.350. The minimum absolute atomic E-state index is 0.0122. The summed E-state index contributed by atoms with van der Waals surface area (Å²) >= 11 is 0. The summed E-state index contributed by atoms with van der Waals surface area (Å²) in [4.78, 5) is 12.4. The standard InChI is InChI=1S/C20H23NO2/c1-20(2)14-17(16-10-6-7-11-18(16)23-20)21-19(22)13-12-15-8-4-3-5-9-15/h3-11,17H,12-14H2,1-2H3,(H,21,22)/t17-/m1/s1. The molecule has 0 spiro atoms. The van der Waals surface area contributed by atoms with Crippen molar-refractivity contribution in [3.63, 3.8) is 0 Å². The number of fused-ring (bicyclic) bond motifs is 1. The van der Waals surface area contributed by atoms with Crippen molar-refractivity contribution in [1.82, 2.24) is 5.32 Å². The highest BCUT2D eigenvalue weighted by atomic mass is 16.5. The number of rotatable bonds is 4. The summed E-state index contributed by atoms with van der Waals surface area (Å²) in [6.45, 7) is 4.12. The Kier molecular flexibility index (Phi) is 4.37. The molecule has 0 fully saturated rings. The fourth-order valence-corrected chi connectivity index (χ4v) is 3.10.